The van der Waals surface area contributed by atoms with Gasteiger partial charge >= 0.3 is 0 Å². The summed E-state index contributed by atoms with van der Waals surface area (Å²) in [7, 11) is 1.45. The second-order valence-corrected chi connectivity index (χ2v) is 7.78. The molecule has 1 aromatic carbocycles. The number of nitrogens with one attached hydrogen (secondary N) is 2. The van der Waals surface area contributed by atoms with E-state index in [1.54, 1.807) is 11.5 Å². The van der Waals surface area contributed by atoms with Crippen LogP contribution in [-0.2, 0) is 4.79 Å². The Labute approximate surface area is 178 Å². The predicted octanol–water partition coefficient (Wildman–Crippen LogP) is 2.81. The summed E-state index contributed by atoms with van der Waals surface area (Å²) in [5.41, 5.74) is 6.30. The van der Waals surface area contributed by atoms with Gasteiger partial charge in [0.1, 0.15) is 11.5 Å². The van der Waals surface area contributed by atoms with Crippen molar-refractivity contribution < 1.29 is 18.8 Å². The summed E-state index contributed by atoms with van der Waals surface area (Å²) in [5, 5.41) is 5.36. The summed E-state index contributed by atoms with van der Waals surface area (Å²) in [6.45, 7) is 1.60. The smallest absolute Gasteiger partial charge is 0.272 e. The Bertz CT molecular complexity index is 999. The topological polar surface area (TPSA) is 119 Å². The lowest BCUT2D eigenvalue weighted by Gasteiger charge is -2.29. The number of nitrogens with zero attached hydrogens (tertiary/aromatic N) is 2. The first-order chi connectivity index (χ1) is 14.2. The van der Waals surface area contributed by atoms with Gasteiger partial charge in [-0.2, -0.15) is 0 Å². The molecule has 3 rings (SSSR count). The van der Waals surface area contributed by atoms with E-state index in [1.807, 2.05) is 0 Å². The molecule has 0 unspecified atom stereocenters. The fraction of sp³-hybridized carbons (Fsp3) is 0.400. The van der Waals surface area contributed by atoms with Gasteiger partial charge < -0.3 is 20.9 Å². The number of rotatable bonds is 5. The fourth-order valence-corrected chi connectivity index (χ4v) is 3.97. The Morgan fingerprint density at radius 2 is 1.90 bits per heavy atom. The molecule has 0 atom stereocenters. The van der Waals surface area contributed by atoms with Gasteiger partial charge in [-0.15, -0.1) is 0 Å². The highest BCUT2D eigenvalue weighted by Gasteiger charge is 2.31. The number of anilines is 1. The summed E-state index contributed by atoms with van der Waals surface area (Å²) < 4.78 is 15.2. The molecule has 0 saturated heterocycles. The van der Waals surface area contributed by atoms with E-state index < -0.39 is 17.6 Å². The molecule has 1 aromatic heterocycles. The van der Waals surface area contributed by atoms with E-state index in [0.717, 1.165) is 0 Å². The molecule has 8 nitrogen and oxygen atoms in total. The molecule has 0 bridgehead atoms. The molecule has 1 fully saturated rings. The number of benzene rings is 1. The summed E-state index contributed by atoms with van der Waals surface area (Å²) in [4.78, 5) is 40.5. The lowest BCUT2D eigenvalue weighted by atomic mass is 9.85. The van der Waals surface area contributed by atoms with Crippen LogP contribution in [0.15, 0.2) is 18.5 Å². The summed E-state index contributed by atoms with van der Waals surface area (Å²) in [5.74, 6) is -2.08. The lowest BCUT2D eigenvalue weighted by Crippen LogP contribution is -2.30. The zero-order chi connectivity index (χ0) is 22.0. The van der Waals surface area contributed by atoms with E-state index in [4.69, 9.17) is 17.3 Å². The highest BCUT2D eigenvalue weighted by atomic mass is 35.5. The molecule has 160 valence electrons. The van der Waals surface area contributed by atoms with Crippen LogP contribution in [0, 0.1) is 18.7 Å². The number of amides is 3. The number of carbonyl (C=O) groups is 3. The molecule has 4 N–H and O–H groups in total. The highest BCUT2D eigenvalue weighted by molar-refractivity contribution is 6.33. The standard InChI is InChI=1S/C20H23ClFN5O3/c1-10-7-15(13(21)8-14(10)22)26-19(29)11-3-5-12(6-4-11)27-9-25-16(20(30)24-2)17(27)18(23)28/h7-9,11-12H,3-6H2,1-2H3,(H2,23,28)(H,24,30)(H,26,29)/t11-,12-. The maximum absolute atomic E-state index is 13.6. The van der Waals surface area contributed by atoms with Gasteiger partial charge in [0.05, 0.1) is 17.0 Å². The van der Waals surface area contributed by atoms with Gasteiger partial charge in [-0.25, -0.2) is 9.37 Å². The number of halogens is 2. The average molecular weight is 436 g/mol. The van der Waals surface area contributed by atoms with Crippen LogP contribution in [0.4, 0.5) is 10.1 Å². The van der Waals surface area contributed by atoms with Crippen molar-refractivity contribution in [2.45, 2.75) is 38.6 Å². The van der Waals surface area contributed by atoms with E-state index in [0.29, 0.717) is 36.9 Å². The SMILES string of the molecule is CNC(=O)c1ncn([C@H]2CC[C@H](C(=O)Nc3cc(C)c(F)cc3Cl)CC2)c1C(N)=O. The maximum atomic E-state index is 13.6. The predicted molar refractivity (Wildman–Crippen MR) is 110 cm³/mol. The van der Waals surface area contributed by atoms with Crippen LogP contribution < -0.4 is 16.4 Å². The number of imidazole rings is 1. The lowest BCUT2D eigenvalue weighted by molar-refractivity contribution is -0.121. The first-order valence-corrected chi connectivity index (χ1v) is 9.96. The first kappa shape index (κ1) is 21.8. The molecule has 1 aliphatic rings. The largest absolute Gasteiger partial charge is 0.364 e. The third-order valence-corrected chi connectivity index (χ3v) is 5.75. The van der Waals surface area contributed by atoms with Gasteiger partial charge in [0.15, 0.2) is 5.69 Å². The zero-order valence-corrected chi connectivity index (χ0v) is 17.4. The Kier molecular flexibility index (Phi) is 6.40. The van der Waals surface area contributed by atoms with Crippen LogP contribution in [0.25, 0.3) is 0 Å². The molecule has 30 heavy (non-hydrogen) atoms. The summed E-state index contributed by atoms with van der Waals surface area (Å²) >= 11 is 6.03. The van der Waals surface area contributed by atoms with Crippen molar-refractivity contribution >= 4 is 35.0 Å². The molecule has 10 heteroatoms. The molecule has 1 aliphatic carbocycles. The van der Waals surface area contributed by atoms with Crippen LogP contribution in [0.5, 0.6) is 0 Å². The average Bonchev–Trinajstić information content (AvgIpc) is 3.17. The fourth-order valence-electron chi connectivity index (χ4n) is 3.77. The van der Waals surface area contributed by atoms with E-state index >= 15 is 0 Å². The number of hydrogen-bond acceptors (Lipinski definition) is 4. The van der Waals surface area contributed by atoms with Crippen molar-refractivity contribution in [1.82, 2.24) is 14.9 Å². The Morgan fingerprint density at radius 3 is 2.50 bits per heavy atom. The molecular formula is C20H23ClFN5O3. The van der Waals surface area contributed by atoms with Crippen LogP contribution >= 0.6 is 11.6 Å². The summed E-state index contributed by atoms with van der Waals surface area (Å²) in [6, 6.07) is 2.59. The van der Waals surface area contributed by atoms with E-state index in [9.17, 15) is 18.8 Å². The van der Waals surface area contributed by atoms with E-state index in [2.05, 4.69) is 15.6 Å². The van der Waals surface area contributed by atoms with E-state index in [1.165, 1.54) is 25.5 Å². The zero-order valence-electron chi connectivity index (χ0n) is 16.7. The molecule has 1 saturated carbocycles. The maximum Gasteiger partial charge on any atom is 0.272 e. The quantitative estimate of drug-likeness (QED) is 0.668. The minimum atomic E-state index is -0.729. The molecule has 0 spiro atoms. The van der Waals surface area contributed by atoms with Gasteiger partial charge in [-0.1, -0.05) is 11.6 Å². The van der Waals surface area contributed by atoms with Crippen LogP contribution in [0.3, 0.4) is 0 Å². The molecule has 0 radical (unpaired) electrons. The van der Waals surface area contributed by atoms with Crippen LogP contribution in [-0.4, -0.2) is 34.3 Å². The Morgan fingerprint density at radius 1 is 1.23 bits per heavy atom. The van der Waals surface area contributed by atoms with Crippen LogP contribution in [0.1, 0.15) is 58.3 Å². The van der Waals surface area contributed by atoms with Gasteiger partial charge in [0, 0.05) is 19.0 Å². The minimum absolute atomic E-state index is 0.00816. The Balaban J connectivity index is 1.69. The first-order valence-electron chi connectivity index (χ1n) is 9.58. The molecular weight excluding hydrogens is 413 g/mol. The normalized spacial score (nSPS) is 18.7. The van der Waals surface area contributed by atoms with Crippen molar-refractivity contribution in [3.63, 3.8) is 0 Å². The monoisotopic (exact) mass is 435 g/mol. The second-order valence-electron chi connectivity index (χ2n) is 7.37. The highest BCUT2D eigenvalue weighted by Crippen LogP contribution is 2.35. The van der Waals surface area contributed by atoms with Gasteiger partial charge in [0.25, 0.3) is 11.8 Å². The Hall–Kier alpha value is -2.94. The van der Waals surface area contributed by atoms with Gasteiger partial charge in [-0.05, 0) is 50.3 Å². The third-order valence-electron chi connectivity index (χ3n) is 5.44. The van der Waals surface area contributed by atoms with Gasteiger partial charge in [-0.3, -0.25) is 14.4 Å². The third kappa shape index (κ3) is 4.30. The number of primary amides is 1. The van der Waals surface area contributed by atoms with Gasteiger partial charge in [0.2, 0.25) is 5.91 Å². The van der Waals surface area contributed by atoms with Crippen molar-refractivity contribution in [3.05, 3.63) is 46.3 Å². The molecule has 3 amide bonds. The number of carbonyl (C=O) groups excluding carboxylic acids is 3. The van der Waals surface area contributed by atoms with Crippen molar-refractivity contribution in [2.75, 3.05) is 12.4 Å². The molecule has 0 aliphatic heterocycles. The van der Waals surface area contributed by atoms with Crippen molar-refractivity contribution in [1.29, 1.82) is 0 Å². The van der Waals surface area contributed by atoms with Crippen LogP contribution in [0.2, 0.25) is 5.02 Å². The number of nitrogens with two attached hydrogens (primary N) is 1. The van der Waals surface area contributed by atoms with Crippen molar-refractivity contribution in [2.24, 2.45) is 11.7 Å². The number of hydrogen-bond donors (Lipinski definition) is 3. The molecule has 2 aromatic rings. The molecule has 1 heterocycles. The number of aromatic nitrogens is 2. The number of aryl methyl sites for hydroxylation is 1. The minimum Gasteiger partial charge on any atom is -0.364 e. The van der Waals surface area contributed by atoms with E-state index in [-0.39, 0.29) is 34.3 Å². The second kappa shape index (κ2) is 8.83. The van der Waals surface area contributed by atoms with Crippen molar-refractivity contribution in [3.8, 4) is 0 Å². The summed E-state index contributed by atoms with van der Waals surface area (Å²) in [6.07, 6.45) is 3.80.